The van der Waals surface area contributed by atoms with Gasteiger partial charge in [-0.1, -0.05) is 65.2 Å². The Morgan fingerprint density at radius 3 is 1.29 bits per heavy atom. The van der Waals surface area contributed by atoms with Crippen LogP contribution in [0.3, 0.4) is 0 Å². The van der Waals surface area contributed by atoms with Crippen molar-refractivity contribution in [2.45, 2.75) is 130 Å². The number of rotatable bonds is 18. The second kappa shape index (κ2) is 27.4. The first-order chi connectivity index (χ1) is 16.4. The van der Waals surface area contributed by atoms with E-state index in [1.54, 1.807) is 19.0 Å². The van der Waals surface area contributed by atoms with Crippen molar-refractivity contribution in [3.63, 3.8) is 0 Å². The van der Waals surface area contributed by atoms with E-state index in [-0.39, 0.29) is 18.1 Å². The van der Waals surface area contributed by atoms with Gasteiger partial charge in [0.1, 0.15) is 0 Å². The highest BCUT2D eigenvalue weighted by Gasteiger charge is 2.08. The van der Waals surface area contributed by atoms with E-state index in [9.17, 15) is 19.8 Å². The second-order valence-corrected chi connectivity index (χ2v) is 10.2. The standard InChI is InChI=1S/C14H29NO2.C12H24O3.C2H7N/c1-12(13(2)16)10-8-6-5-7-9-11-14(17)15(3)4;1-10(11(2)13)8-6-4-3-5-7-9-12(14)15;1-3-2/h12-13,16H,5-11H2,1-4H3;10-11,13H,3-9H2,1-2H3,(H,14,15);3H,1-2H3/t12-,13+;10-,11+;/m11./s1. The third-order valence-corrected chi connectivity index (χ3v) is 6.25. The molecule has 0 aliphatic rings. The van der Waals surface area contributed by atoms with E-state index in [2.05, 4.69) is 19.2 Å². The summed E-state index contributed by atoms with van der Waals surface area (Å²) in [7, 11) is 7.36. The first-order valence-electron chi connectivity index (χ1n) is 13.8. The summed E-state index contributed by atoms with van der Waals surface area (Å²) in [6.07, 6.45) is 13.7. The summed E-state index contributed by atoms with van der Waals surface area (Å²) in [6, 6.07) is 0. The van der Waals surface area contributed by atoms with Gasteiger partial charge in [-0.3, -0.25) is 9.59 Å². The highest BCUT2D eigenvalue weighted by molar-refractivity contribution is 5.75. The number of hydrogen-bond donors (Lipinski definition) is 4. The molecule has 0 aliphatic carbocycles. The highest BCUT2D eigenvalue weighted by atomic mass is 16.4. The quantitative estimate of drug-likeness (QED) is 0.184. The molecule has 212 valence electrons. The largest absolute Gasteiger partial charge is 0.481 e. The Hall–Kier alpha value is -1.18. The molecule has 0 aromatic heterocycles. The lowest BCUT2D eigenvalue weighted by molar-refractivity contribution is -0.137. The van der Waals surface area contributed by atoms with Crippen LogP contribution in [-0.4, -0.2) is 72.5 Å². The number of aliphatic hydroxyl groups is 2. The smallest absolute Gasteiger partial charge is 0.303 e. The van der Waals surface area contributed by atoms with Gasteiger partial charge in [0.2, 0.25) is 5.91 Å². The molecule has 1 amide bonds. The topological polar surface area (TPSA) is 110 Å². The van der Waals surface area contributed by atoms with Crippen LogP contribution in [0.25, 0.3) is 0 Å². The first kappa shape index (κ1) is 38.4. The number of aliphatic hydroxyl groups excluding tert-OH is 2. The first-order valence-corrected chi connectivity index (χ1v) is 13.8. The number of carbonyl (C=O) groups excluding carboxylic acids is 1. The van der Waals surface area contributed by atoms with Crippen LogP contribution in [0.15, 0.2) is 0 Å². The predicted octanol–water partition coefficient (Wildman–Crippen LogP) is 5.48. The molecule has 4 atom stereocenters. The van der Waals surface area contributed by atoms with Gasteiger partial charge in [0.25, 0.3) is 0 Å². The van der Waals surface area contributed by atoms with Gasteiger partial charge in [0, 0.05) is 26.9 Å². The van der Waals surface area contributed by atoms with Crippen LogP contribution < -0.4 is 5.32 Å². The maximum atomic E-state index is 11.3. The molecule has 0 aromatic carbocycles. The fraction of sp³-hybridized carbons (Fsp3) is 0.929. The number of nitrogens with zero attached hydrogens (tertiary/aromatic N) is 1. The summed E-state index contributed by atoms with van der Waals surface area (Å²) in [5.41, 5.74) is 0. The fourth-order valence-corrected chi connectivity index (χ4v) is 3.25. The third kappa shape index (κ3) is 32.8. The molecule has 0 radical (unpaired) electrons. The van der Waals surface area contributed by atoms with Crippen molar-refractivity contribution in [2.24, 2.45) is 11.8 Å². The summed E-state index contributed by atoms with van der Waals surface area (Å²) in [5.74, 6) is 0.319. The van der Waals surface area contributed by atoms with Gasteiger partial charge >= 0.3 is 5.97 Å². The van der Waals surface area contributed by atoms with Crippen LogP contribution in [-0.2, 0) is 9.59 Å². The van der Waals surface area contributed by atoms with Gasteiger partial charge in [0.15, 0.2) is 0 Å². The SMILES string of the molecule is CNC.C[C@H](O)[C@H](C)CCCCCCCC(=O)N(C)C.C[C@H](O)[C@H](C)CCCCCCCC(=O)O. The molecular weight excluding hydrogens is 444 g/mol. The van der Waals surface area contributed by atoms with Crippen LogP contribution in [0.4, 0.5) is 0 Å². The number of unbranched alkanes of at least 4 members (excludes halogenated alkanes) is 8. The average molecular weight is 505 g/mol. The molecule has 0 aromatic rings. The Labute approximate surface area is 217 Å². The zero-order valence-corrected chi connectivity index (χ0v) is 24.3. The molecule has 4 N–H and O–H groups in total. The van der Waals surface area contributed by atoms with Gasteiger partial charge in [-0.15, -0.1) is 0 Å². The number of aliphatic carboxylic acids is 1. The van der Waals surface area contributed by atoms with Crippen molar-refractivity contribution in [3.8, 4) is 0 Å². The van der Waals surface area contributed by atoms with Gasteiger partial charge in [0.05, 0.1) is 12.2 Å². The molecule has 35 heavy (non-hydrogen) atoms. The van der Waals surface area contributed by atoms with Crippen LogP contribution in [0, 0.1) is 11.8 Å². The molecule has 0 saturated carbocycles. The van der Waals surface area contributed by atoms with E-state index < -0.39 is 5.97 Å². The molecule has 0 heterocycles. The molecule has 0 unspecified atom stereocenters. The summed E-state index contributed by atoms with van der Waals surface area (Å²) in [5, 5.41) is 29.8. The Bertz CT molecular complexity index is 470. The Morgan fingerprint density at radius 1 is 0.657 bits per heavy atom. The molecule has 0 rings (SSSR count). The maximum Gasteiger partial charge on any atom is 0.303 e. The van der Waals surface area contributed by atoms with Gasteiger partial charge in [-0.2, -0.15) is 0 Å². The van der Waals surface area contributed by atoms with E-state index >= 15 is 0 Å². The molecule has 0 aliphatic heterocycles. The Balaban J connectivity index is -0.000000528. The Kier molecular flexibility index (Phi) is 30.0. The van der Waals surface area contributed by atoms with E-state index in [0.717, 1.165) is 57.8 Å². The molecule has 0 bridgehead atoms. The lowest BCUT2D eigenvalue weighted by Crippen LogP contribution is -2.20. The lowest BCUT2D eigenvalue weighted by atomic mass is 9.98. The zero-order chi connectivity index (χ0) is 27.6. The third-order valence-electron chi connectivity index (χ3n) is 6.25. The molecule has 0 fully saturated rings. The van der Waals surface area contributed by atoms with Crippen molar-refractivity contribution >= 4 is 11.9 Å². The monoisotopic (exact) mass is 504 g/mol. The minimum atomic E-state index is -0.697. The van der Waals surface area contributed by atoms with E-state index in [4.69, 9.17) is 5.11 Å². The van der Waals surface area contributed by atoms with Gasteiger partial charge in [-0.05, 0) is 65.5 Å². The number of nitrogens with one attached hydrogen (secondary N) is 1. The molecular formula is C28H60N2O5. The Morgan fingerprint density at radius 2 is 0.971 bits per heavy atom. The minimum absolute atomic E-state index is 0.187. The zero-order valence-electron chi connectivity index (χ0n) is 24.3. The van der Waals surface area contributed by atoms with Crippen molar-refractivity contribution < 1.29 is 24.9 Å². The number of hydrogen-bond acceptors (Lipinski definition) is 5. The lowest BCUT2D eigenvalue weighted by Gasteiger charge is -2.13. The van der Waals surface area contributed by atoms with E-state index in [1.807, 2.05) is 27.9 Å². The summed E-state index contributed by atoms with van der Waals surface area (Å²) >= 11 is 0. The van der Waals surface area contributed by atoms with E-state index in [0.29, 0.717) is 24.7 Å². The normalized spacial score (nSPS) is 13.9. The molecule has 0 saturated heterocycles. The van der Waals surface area contributed by atoms with Gasteiger partial charge in [-0.25, -0.2) is 0 Å². The second-order valence-electron chi connectivity index (χ2n) is 10.2. The van der Waals surface area contributed by atoms with Crippen LogP contribution >= 0.6 is 0 Å². The summed E-state index contributed by atoms with van der Waals surface area (Å²) in [6.45, 7) is 7.85. The number of carboxylic acid groups (broad SMARTS) is 1. The summed E-state index contributed by atoms with van der Waals surface area (Å²) < 4.78 is 0. The van der Waals surface area contributed by atoms with Crippen molar-refractivity contribution in [2.75, 3.05) is 28.2 Å². The molecule has 0 spiro atoms. The van der Waals surface area contributed by atoms with Crippen molar-refractivity contribution in [1.82, 2.24) is 10.2 Å². The summed E-state index contributed by atoms with van der Waals surface area (Å²) in [4.78, 5) is 23.2. The highest BCUT2D eigenvalue weighted by Crippen LogP contribution is 2.15. The van der Waals surface area contributed by atoms with Crippen molar-refractivity contribution in [1.29, 1.82) is 0 Å². The van der Waals surface area contributed by atoms with E-state index in [1.165, 1.54) is 19.3 Å². The molecule has 7 nitrogen and oxygen atoms in total. The van der Waals surface area contributed by atoms with Crippen molar-refractivity contribution in [3.05, 3.63) is 0 Å². The molecule has 7 heteroatoms. The fourth-order valence-electron chi connectivity index (χ4n) is 3.25. The number of amides is 1. The van der Waals surface area contributed by atoms with Crippen LogP contribution in [0.1, 0.15) is 118 Å². The minimum Gasteiger partial charge on any atom is -0.481 e. The number of carbonyl (C=O) groups is 2. The maximum absolute atomic E-state index is 11.3. The predicted molar refractivity (Wildman–Crippen MR) is 148 cm³/mol. The van der Waals surface area contributed by atoms with Crippen LogP contribution in [0.5, 0.6) is 0 Å². The number of carboxylic acids is 1. The van der Waals surface area contributed by atoms with Gasteiger partial charge < -0.3 is 25.5 Å². The van der Waals surface area contributed by atoms with Crippen LogP contribution in [0.2, 0.25) is 0 Å². The average Bonchev–Trinajstić information content (AvgIpc) is 2.77.